The topological polar surface area (TPSA) is 90.4 Å². The molecule has 3 fully saturated rings. The number of ether oxygens (including phenoxy) is 1. The highest BCUT2D eigenvalue weighted by Gasteiger charge is 2.75. The van der Waals surface area contributed by atoms with Crippen molar-refractivity contribution in [2.45, 2.75) is 62.9 Å². The Morgan fingerprint density at radius 3 is 2.41 bits per heavy atom. The Balaban J connectivity index is 1.86. The van der Waals surface area contributed by atoms with Crippen LogP contribution < -0.4 is 0 Å². The molecule has 0 saturated carbocycles. The molecule has 0 aliphatic carbocycles. The van der Waals surface area contributed by atoms with Crippen molar-refractivity contribution >= 4 is 17.7 Å². The van der Waals surface area contributed by atoms with E-state index in [0.717, 1.165) is 5.56 Å². The Kier molecular flexibility index (Phi) is 7.36. The lowest BCUT2D eigenvalue weighted by Gasteiger charge is -2.43. The number of rotatable bonds is 9. The first kappa shape index (κ1) is 27.1. The van der Waals surface area contributed by atoms with Crippen LogP contribution >= 0.6 is 0 Å². The molecule has 0 radical (unpaired) electrons. The normalized spacial score (nSPS) is 29.1. The number of amides is 3. The number of hydrogen-bond acceptors (Lipinski definition) is 5. The number of aliphatic hydroxyl groups is 1. The molecule has 3 aliphatic rings. The zero-order valence-electron chi connectivity index (χ0n) is 22.3. The molecule has 1 spiro atoms. The summed E-state index contributed by atoms with van der Waals surface area (Å²) in [4.78, 5) is 47.1. The maximum Gasteiger partial charge on any atom is 0.249 e. The molecule has 200 valence electrons. The standard InChI is InChI=1S/C29H39N3O5/c1-7-16-30(6)25(34)22-21-14-15-29(37-21)23(22)26(35)32(20(18-33)19-12-10-9-11-13-19)24(29)27(36)31(17-8-2)28(3,4)5/h7-13,20-24,33H,1-2,14-18H2,3-6H3/t20-,21+,22-,23+,24?,29?/m1/s1. The van der Waals surface area contributed by atoms with Crippen molar-refractivity contribution < 1.29 is 24.2 Å². The zero-order chi connectivity index (χ0) is 27.1. The van der Waals surface area contributed by atoms with Crippen LogP contribution in [0.3, 0.4) is 0 Å². The van der Waals surface area contributed by atoms with Crippen molar-refractivity contribution in [3.05, 3.63) is 61.2 Å². The van der Waals surface area contributed by atoms with Gasteiger partial charge in [-0.3, -0.25) is 14.4 Å². The van der Waals surface area contributed by atoms with E-state index in [2.05, 4.69) is 13.2 Å². The van der Waals surface area contributed by atoms with E-state index < -0.39 is 41.2 Å². The van der Waals surface area contributed by atoms with Crippen LogP contribution in [0.25, 0.3) is 0 Å². The summed E-state index contributed by atoms with van der Waals surface area (Å²) in [5.41, 5.74) is -0.965. The van der Waals surface area contributed by atoms with Gasteiger partial charge in [0.1, 0.15) is 11.6 Å². The van der Waals surface area contributed by atoms with E-state index >= 15 is 0 Å². The minimum atomic E-state index is -1.14. The van der Waals surface area contributed by atoms with Crippen LogP contribution in [0.5, 0.6) is 0 Å². The fourth-order valence-electron chi connectivity index (χ4n) is 6.53. The molecular formula is C29H39N3O5. The number of carbonyl (C=O) groups excluding carboxylic acids is 3. The van der Waals surface area contributed by atoms with Crippen LogP contribution in [0.2, 0.25) is 0 Å². The third-order valence-electron chi connectivity index (χ3n) is 8.12. The quantitative estimate of drug-likeness (QED) is 0.517. The lowest BCUT2D eigenvalue weighted by Crippen LogP contribution is -2.60. The molecule has 2 bridgehead atoms. The van der Waals surface area contributed by atoms with E-state index in [1.165, 1.54) is 4.90 Å². The molecule has 8 nitrogen and oxygen atoms in total. The fourth-order valence-corrected chi connectivity index (χ4v) is 6.53. The molecule has 3 aliphatic heterocycles. The highest BCUT2D eigenvalue weighted by molar-refractivity contribution is 5.99. The molecule has 8 heteroatoms. The second-order valence-electron chi connectivity index (χ2n) is 11.3. The monoisotopic (exact) mass is 509 g/mol. The van der Waals surface area contributed by atoms with Gasteiger partial charge in [-0.15, -0.1) is 13.2 Å². The van der Waals surface area contributed by atoms with Gasteiger partial charge in [-0.2, -0.15) is 0 Å². The molecule has 2 unspecified atom stereocenters. The molecule has 3 saturated heterocycles. The molecule has 0 aromatic heterocycles. The van der Waals surface area contributed by atoms with Crippen molar-refractivity contribution in [2.75, 3.05) is 26.7 Å². The number of carbonyl (C=O) groups is 3. The number of fused-ring (bicyclic) bond motifs is 1. The summed E-state index contributed by atoms with van der Waals surface area (Å²) in [6.45, 7) is 13.7. The predicted octanol–water partition coefficient (Wildman–Crippen LogP) is 2.55. The lowest BCUT2D eigenvalue weighted by molar-refractivity contribution is -0.154. The maximum absolute atomic E-state index is 14.4. The van der Waals surface area contributed by atoms with Crippen LogP contribution in [-0.4, -0.2) is 87.6 Å². The van der Waals surface area contributed by atoms with E-state index in [4.69, 9.17) is 4.74 Å². The summed E-state index contributed by atoms with van der Waals surface area (Å²) in [7, 11) is 1.69. The lowest BCUT2D eigenvalue weighted by atomic mass is 9.70. The molecule has 3 amide bonds. The minimum absolute atomic E-state index is 0.183. The Bertz CT molecular complexity index is 1070. The number of nitrogens with zero attached hydrogens (tertiary/aromatic N) is 3. The van der Waals surface area contributed by atoms with Crippen LogP contribution in [0.4, 0.5) is 0 Å². The van der Waals surface area contributed by atoms with Gasteiger partial charge in [-0.1, -0.05) is 42.5 Å². The Morgan fingerprint density at radius 2 is 1.84 bits per heavy atom. The van der Waals surface area contributed by atoms with Crippen molar-refractivity contribution in [2.24, 2.45) is 11.8 Å². The molecular weight excluding hydrogens is 470 g/mol. The van der Waals surface area contributed by atoms with E-state index in [9.17, 15) is 19.5 Å². The largest absolute Gasteiger partial charge is 0.394 e. The smallest absolute Gasteiger partial charge is 0.249 e. The van der Waals surface area contributed by atoms with Crippen LogP contribution in [0.15, 0.2) is 55.6 Å². The number of likely N-dealkylation sites (N-methyl/N-ethyl adjacent to an activating group) is 1. The number of aliphatic hydroxyl groups excluding tert-OH is 1. The van der Waals surface area contributed by atoms with E-state index in [1.807, 2.05) is 51.1 Å². The molecule has 1 aromatic carbocycles. The van der Waals surface area contributed by atoms with Crippen LogP contribution in [-0.2, 0) is 19.1 Å². The van der Waals surface area contributed by atoms with Crippen molar-refractivity contribution in [3.63, 3.8) is 0 Å². The summed E-state index contributed by atoms with van der Waals surface area (Å²) in [5.74, 6) is -2.25. The molecule has 3 heterocycles. The molecule has 4 rings (SSSR count). The average molecular weight is 510 g/mol. The first-order chi connectivity index (χ1) is 17.5. The van der Waals surface area contributed by atoms with Crippen molar-refractivity contribution in [1.82, 2.24) is 14.7 Å². The third kappa shape index (κ3) is 4.30. The predicted molar refractivity (Wildman–Crippen MR) is 140 cm³/mol. The summed E-state index contributed by atoms with van der Waals surface area (Å²) in [6.07, 6.45) is 3.97. The van der Waals surface area contributed by atoms with Gasteiger partial charge in [0.2, 0.25) is 17.7 Å². The zero-order valence-corrected chi connectivity index (χ0v) is 22.3. The molecule has 1 N–H and O–H groups in total. The average Bonchev–Trinajstić information content (AvgIpc) is 3.50. The molecule has 37 heavy (non-hydrogen) atoms. The fraction of sp³-hybridized carbons (Fsp3) is 0.552. The SMILES string of the molecule is C=CCN(C)C(=O)[C@@H]1[C@@H]2CCC3(O2)C(C(=O)N(CC=C)C(C)(C)C)N([C@H](CO)c2ccccc2)C(=O)[C@H]13. The first-order valence-corrected chi connectivity index (χ1v) is 13.0. The molecule has 1 aromatic rings. The van der Waals surface area contributed by atoms with E-state index in [-0.39, 0.29) is 24.3 Å². The van der Waals surface area contributed by atoms with Gasteiger partial charge in [-0.05, 0) is 39.2 Å². The van der Waals surface area contributed by atoms with E-state index in [1.54, 1.807) is 29.0 Å². The van der Waals surface area contributed by atoms with Gasteiger partial charge >= 0.3 is 0 Å². The Morgan fingerprint density at radius 1 is 1.19 bits per heavy atom. The van der Waals surface area contributed by atoms with Gasteiger partial charge in [0.25, 0.3) is 0 Å². The van der Waals surface area contributed by atoms with Crippen molar-refractivity contribution in [1.29, 1.82) is 0 Å². The van der Waals surface area contributed by atoms with Gasteiger partial charge in [0.15, 0.2) is 0 Å². The van der Waals surface area contributed by atoms with Gasteiger partial charge in [-0.25, -0.2) is 0 Å². The number of benzene rings is 1. The summed E-state index contributed by atoms with van der Waals surface area (Å²) in [5, 5.41) is 10.6. The number of likely N-dealkylation sites (tertiary alicyclic amines) is 1. The summed E-state index contributed by atoms with van der Waals surface area (Å²) < 4.78 is 6.56. The van der Waals surface area contributed by atoms with Crippen LogP contribution in [0, 0.1) is 11.8 Å². The van der Waals surface area contributed by atoms with Gasteiger partial charge in [0, 0.05) is 25.7 Å². The second-order valence-corrected chi connectivity index (χ2v) is 11.3. The Labute approximate surface area is 219 Å². The summed E-state index contributed by atoms with van der Waals surface area (Å²) in [6, 6.07) is 7.49. The van der Waals surface area contributed by atoms with E-state index in [0.29, 0.717) is 25.9 Å². The maximum atomic E-state index is 14.4. The highest BCUT2D eigenvalue weighted by atomic mass is 16.5. The van der Waals surface area contributed by atoms with Gasteiger partial charge < -0.3 is 24.5 Å². The van der Waals surface area contributed by atoms with Gasteiger partial charge in [0.05, 0.1) is 30.6 Å². The minimum Gasteiger partial charge on any atom is -0.394 e. The highest BCUT2D eigenvalue weighted by Crippen LogP contribution is 2.60. The second kappa shape index (κ2) is 10.1. The first-order valence-electron chi connectivity index (χ1n) is 13.0. The number of hydrogen-bond donors (Lipinski definition) is 1. The third-order valence-corrected chi connectivity index (χ3v) is 8.12. The Hall–Kier alpha value is -2.97. The summed E-state index contributed by atoms with van der Waals surface area (Å²) >= 11 is 0. The van der Waals surface area contributed by atoms with Crippen molar-refractivity contribution in [3.8, 4) is 0 Å². The van der Waals surface area contributed by atoms with Crippen LogP contribution in [0.1, 0.15) is 45.2 Å². The molecule has 6 atom stereocenters.